The second kappa shape index (κ2) is 5.83. The van der Waals surface area contributed by atoms with E-state index >= 15 is 0 Å². The lowest BCUT2D eigenvalue weighted by Crippen LogP contribution is -2.08. The fourth-order valence-corrected chi connectivity index (χ4v) is 1.96. The van der Waals surface area contributed by atoms with Gasteiger partial charge in [-0.3, -0.25) is 4.98 Å². The molecule has 1 heterocycles. The Labute approximate surface area is 122 Å². The largest absolute Gasteiger partial charge is 0.455 e. The Kier molecular flexibility index (Phi) is 4.32. The maximum atomic E-state index is 13.0. The van der Waals surface area contributed by atoms with Crippen LogP contribution in [0.1, 0.15) is 16.8 Å². The third-order valence-electron chi connectivity index (χ3n) is 2.62. The number of hydrogen-bond acceptors (Lipinski definition) is 2. The maximum Gasteiger partial charge on any atom is 0.419 e. The fraction of sp³-hybridized carbons (Fsp3) is 0.214. The minimum Gasteiger partial charge on any atom is -0.455 e. The van der Waals surface area contributed by atoms with E-state index < -0.39 is 11.7 Å². The molecule has 0 saturated carbocycles. The van der Waals surface area contributed by atoms with Crippen LogP contribution in [0.5, 0.6) is 11.5 Å². The number of nitrogens with zero attached hydrogens (tertiary/aromatic N) is 1. The molecule has 2 aromatic rings. The molecule has 6 heteroatoms. The van der Waals surface area contributed by atoms with Crippen LogP contribution in [0.2, 0.25) is 0 Å². The van der Waals surface area contributed by atoms with Crippen LogP contribution in [0.3, 0.4) is 0 Å². The van der Waals surface area contributed by atoms with Gasteiger partial charge in [-0.1, -0.05) is 22.0 Å². The number of rotatable bonds is 3. The summed E-state index contributed by atoms with van der Waals surface area (Å²) in [6, 6.07) is 7.24. The first-order chi connectivity index (χ1) is 9.40. The molecule has 0 radical (unpaired) electrons. The zero-order valence-corrected chi connectivity index (χ0v) is 12.1. The van der Waals surface area contributed by atoms with Crippen molar-refractivity contribution in [1.82, 2.24) is 4.98 Å². The lowest BCUT2D eigenvalue weighted by atomic mass is 10.1. The lowest BCUT2D eigenvalue weighted by Gasteiger charge is -2.14. The van der Waals surface area contributed by atoms with Gasteiger partial charge in [-0.05, 0) is 36.8 Å². The minimum atomic E-state index is -4.47. The van der Waals surface area contributed by atoms with E-state index in [9.17, 15) is 13.2 Å². The zero-order chi connectivity index (χ0) is 14.8. The summed E-state index contributed by atoms with van der Waals surface area (Å²) in [6.07, 6.45) is -3.07. The van der Waals surface area contributed by atoms with Gasteiger partial charge in [0.2, 0.25) is 0 Å². The van der Waals surface area contributed by atoms with Crippen molar-refractivity contribution in [2.45, 2.75) is 18.4 Å². The van der Waals surface area contributed by atoms with Crippen molar-refractivity contribution in [1.29, 1.82) is 0 Å². The SMILES string of the molecule is Cc1ccc(Oc2ccc(CBr)cc2C(F)(F)F)cn1. The number of pyridine rings is 1. The quantitative estimate of drug-likeness (QED) is 0.722. The standard InChI is InChI=1S/C14H11BrF3NO/c1-9-2-4-11(8-19-9)20-13-5-3-10(7-15)6-12(13)14(16,17)18/h2-6,8H,7H2,1H3. The molecule has 2 nitrogen and oxygen atoms in total. The lowest BCUT2D eigenvalue weighted by molar-refractivity contribution is -0.138. The molecule has 0 bridgehead atoms. The van der Waals surface area contributed by atoms with Crippen molar-refractivity contribution in [3.05, 3.63) is 53.3 Å². The van der Waals surface area contributed by atoms with E-state index in [0.29, 0.717) is 10.9 Å². The van der Waals surface area contributed by atoms with Crippen LogP contribution in [0.25, 0.3) is 0 Å². The van der Waals surface area contributed by atoms with Gasteiger partial charge >= 0.3 is 6.18 Å². The van der Waals surface area contributed by atoms with Crippen molar-refractivity contribution < 1.29 is 17.9 Å². The van der Waals surface area contributed by atoms with Crippen molar-refractivity contribution >= 4 is 15.9 Å². The van der Waals surface area contributed by atoms with Crippen LogP contribution in [-0.4, -0.2) is 4.98 Å². The van der Waals surface area contributed by atoms with E-state index in [0.717, 1.165) is 11.8 Å². The number of benzene rings is 1. The van der Waals surface area contributed by atoms with Crippen molar-refractivity contribution in [2.24, 2.45) is 0 Å². The molecule has 2 rings (SSSR count). The van der Waals surface area contributed by atoms with E-state index in [1.54, 1.807) is 25.1 Å². The van der Waals surface area contributed by atoms with Gasteiger partial charge in [-0.2, -0.15) is 13.2 Å². The Balaban J connectivity index is 2.38. The first-order valence-corrected chi connectivity index (χ1v) is 6.89. The number of halogens is 4. The summed E-state index contributed by atoms with van der Waals surface area (Å²) >= 11 is 3.14. The molecule has 20 heavy (non-hydrogen) atoms. The van der Waals surface area contributed by atoms with E-state index in [-0.39, 0.29) is 11.5 Å². The highest BCUT2D eigenvalue weighted by Crippen LogP contribution is 2.38. The van der Waals surface area contributed by atoms with Gasteiger partial charge < -0.3 is 4.74 Å². The molecule has 106 valence electrons. The van der Waals surface area contributed by atoms with Crippen LogP contribution in [-0.2, 0) is 11.5 Å². The topological polar surface area (TPSA) is 22.1 Å². The van der Waals surface area contributed by atoms with Gasteiger partial charge in [-0.25, -0.2) is 0 Å². The van der Waals surface area contributed by atoms with E-state index in [4.69, 9.17) is 4.74 Å². The van der Waals surface area contributed by atoms with Gasteiger partial charge in [0.1, 0.15) is 11.5 Å². The first-order valence-electron chi connectivity index (χ1n) is 5.77. The second-order valence-corrected chi connectivity index (χ2v) is 4.76. The van der Waals surface area contributed by atoms with Crippen LogP contribution in [0.4, 0.5) is 13.2 Å². The molecule has 1 aromatic carbocycles. The van der Waals surface area contributed by atoms with Crippen LogP contribution in [0.15, 0.2) is 36.5 Å². The molecule has 0 aliphatic rings. The smallest absolute Gasteiger partial charge is 0.419 e. The molecule has 0 aliphatic carbocycles. The predicted octanol–water partition coefficient (Wildman–Crippen LogP) is 5.10. The number of aromatic nitrogens is 1. The first kappa shape index (κ1) is 14.8. The van der Waals surface area contributed by atoms with Gasteiger partial charge in [0.25, 0.3) is 0 Å². The molecule has 0 saturated heterocycles. The van der Waals surface area contributed by atoms with Crippen molar-refractivity contribution in [3.63, 3.8) is 0 Å². The normalized spacial score (nSPS) is 11.4. The second-order valence-electron chi connectivity index (χ2n) is 4.20. The molecular weight excluding hydrogens is 335 g/mol. The molecule has 0 amide bonds. The zero-order valence-electron chi connectivity index (χ0n) is 10.5. The Morgan fingerprint density at radius 2 is 1.95 bits per heavy atom. The van der Waals surface area contributed by atoms with E-state index in [2.05, 4.69) is 20.9 Å². The Morgan fingerprint density at radius 1 is 1.20 bits per heavy atom. The summed E-state index contributed by atoms with van der Waals surface area (Å²) < 4.78 is 44.4. The molecule has 0 N–H and O–H groups in total. The van der Waals surface area contributed by atoms with Crippen LogP contribution < -0.4 is 4.74 Å². The van der Waals surface area contributed by atoms with Gasteiger partial charge in [-0.15, -0.1) is 0 Å². The summed E-state index contributed by atoms with van der Waals surface area (Å²) in [7, 11) is 0. The summed E-state index contributed by atoms with van der Waals surface area (Å²) in [5.41, 5.74) is 0.504. The summed E-state index contributed by atoms with van der Waals surface area (Å²) in [5, 5.41) is 0.350. The maximum absolute atomic E-state index is 13.0. The molecular formula is C14H11BrF3NO. The monoisotopic (exact) mass is 345 g/mol. The number of aryl methyl sites for hydroxylation is 1. The molecule has 1 aromatic heterocycles. The molecule has 0 aliphatic heterocycles. The van der Waals surface area contributed by atoms with E-state index in [1.807, 2.05) is 0 Å². The molecule has 0 unspecified atom stereocenters. The average Bonchev–Trinajstić information content (AvgIpc) is 2.40. The molecule has 0 atom stereocenters. The third kappa shape index (κ3) is 3.50. The number of ether oxygens (including phenoxy) is 1. The van der Waals surface area contributed by atoms with Crippen molar-refractivity contribution in [3.8, 4) is 11.5 Å². The van der Waals surface area contributed by atoms with Crippen LogP contribution in [0, 0.1) is 6.92 Å². The van der Waals surface area contributed by atoms with E-state index in [1.165, 1.54) is 12.3 Å². The number of alkyl halides is 4. The minimum absolute atomic E-state index is 0.229. The summed E-state index contributed by atoms with van der Waals surface area (Å²) in [5.74, 6) is 0.0422. The molecule has 0 spiro atoms. The highest BCUT2D eigenvalue weighted by molar-refractivity contribution is 9.08. The Bertz CT molecular complexity index is 596. The molecule has 0 fully saturated rings. The summed E-state index contributed by atoms with van der Waals surface area (Å²) in [4.78, 5) is 3.99. The third-order valence-corrected chi connectivity index (χ3v) is 3.26. The summed E-state index contributed by atoms with van der Waals surface area (Å²) in [6.45, 7) is 1.79. The Hall–Kier alpha value is -1.56. The average molecular weight is 346 g/mol. The van der Waals surface area contributed by atoms with Gasteiger partial charge in [0.15, 0.2) is 0 Å². The highest BCUT2D eigenvalue weighted by Gasteiger charge is 2.34. The highest BCUT2D eigenvalue weighted by atomic mass is 79.9. The van der Waals surface area contributed by atoms with Crippen LogP contribution >= 0.6 is 15.9 Å². The number of hydrogen-bond donors (Lipinski definition) is 0. The van der Waals surface area contributed by atoms with Gasteiger partial charge in [0, 0.05) is 11.0 Å². The van der Waals surface area contributed by atoms with Gasteiger partial charge in [0.05, 0.1) is 11.8 Å². The predicted molar refractivity (Wildman–Crippen MR) is 73.1 cm³/mol. The van der Waals surface area contributed by atoms with Crippen molar-refractivity contribution in [2.75, 3.05) is 0 Å². The Morgan fingerprint density at radius 3 is 2.50 bits per heavy atom. The fourth-order valence-electron chi connectivity index (χ4n) is 1.61.